The minimum absolute atomic E-state index is 0.110. The number of nitrogens with zero attached hydrogens (tertiary/aromatic N) is 4. The minimum Gasteiger partial charge on any atom is -0.481 e. The van der Waals surface area contributed by atoms with E-state index < -0.39 is 11.9 Å². The fourth-order valence-corrected chi connectivity index (χ4v) is 2.55. The molecular formula is C14H14N4O3. The highest BCUT2D eigenvalue weighted by atomic mass is 16.4. The largest absolute Gasteiger partial charge is 0.481 e. The molecule has 0 spiro atoms. The van der Waals surface area contributed by atoms with Crippen LogP contribution in [0, 0.1) is 0 Å². The maximum atomic E-state index is 12.3. The number of hydrogen-bond acceptors (Lipinski definition) is 4. The average molecular weight is 286 g/mol. The molecule has 1 amide bonds. The topological polar surface area (TPSA) is 88.3 Å². The quantitative estimate of drug-likeness (QED) is 0.901. The molecule has 7 nitrogen and oxygen atoms in total. The Bertz CT molecular complexity index is 669. The fourth-order valence-electron chi connectivity index (χ4n) is 2.55. The van der Waals surface area contributed by atoms with Gasteiger partial charge in [-0.1, -0.05) is 18.2 Å². The number of amides is 1. The Morgan fingerprint density at radius 1 is 1.33 bits per heavy atom. The van der Waals surface area contributed by atoms with E-state index in [1.807, 2.05) is 0 Å². The van der Waals surface area contributed by atoms with Gasteiger partial charge >= 0.3 is 5.97 Å². The zero-order valence-corrected chi connectivity index (χ0v) is 11.2. The Hall–Kier alpha value is -2.70. The van der Waals surface area contributed by atoms with Gasteiger partial charge in [-0.2, -0.15) is 5.10 Å². The van der Waals surface area contributed by atoms with Crippen molar-refractivity contribution in [1.82, 2.24) is 14.8 Å². The zero-order valence-electron chi connectivity index (χ0n) is 11.2. The Balaban J connectivity index is 1.76. The molecule has 2 heterocycles. The Labute approximate surface area is 120 Å². The van der Waals surface area contributed by atoms with Crippen molar-refractivity contribution < 1.29 is 14.7 Å². The van der Waals surface area contributed by atoms with Gasteiger partial charge in [-0.15, -0.1) is 0 Å². The molecule has 0 fully saturated rings. The lowest BCUT2D eigenvalue weighted by Gasteiger charge is -2.17. The number of benzene rings is 1. The van der Waals surface area contributed by atoms with Gasteiger partial charge in [-0.05, 0) is 11.6 Å². The summed E-state index contributed by atoms with van der Waals surface area (Å²) in [7, 11) is 0. The van der Waals surface area contributed by atoms with Gasteiger partial charge in [0.05, 0.1) is 6.54 Å². The molecule has 1 aromatic heterocycles. The number of aryl methyl sites for hydroxylation is 1. The van der Waals surface area contributed by atoms with E-state index in [-0.39, 0.29) is 18.9 Å². The SMILES string of the molecule is O=C(O)[C@H]1CN(C(=O)CCn2cncn2)c2ccccc21. The molecule has 21 heavy (non-hydrogen) atoms. The van der Waals surface area contributed by atoms with Crippen molar-refractivity contribution in [2.24, 2.45) is 0 Å². The summed E-state index contributed by atoms with van der Waals surface area (Å²) >= 11 is 0. The second-order valence-corrected chi connectivity index (χ2v) is 4.86. The van der Waals surface area contributed by atoms with Gasteiger partial charge in [-0.25, -0.2) is 4.98 Å². The first-order chi connectivity index (χ1) is 10.2. The molecule has 7 heteroatoms. The number of anilines is 1. The van der Waals surface area contributed by atoms with Crippen molar-refractivity contribution in [3.63, 3.8) is 0 Å². The van der Waals surface area contributed by atoms with Crippen LogP contribution in [0.4, 0.5) is 5.69 Å². The van der Waals surface area contributed by atoms with Crippen LogP contribution < -0.4 is 4.90 Å². The third-order valence-corrected chi connectivity index (χ3v) is 3.59. The molecule has 1 aliphatic heterocycles. The monoisotopic (exact) mass is 286 g/mol. The van der Waals surface area contributed by atoms with Gasteiger partial charge < -0.3 is 10.0 Å². The number of aromatic nitrogens is 3. The summed E-state index contributed by atoms with van der Waals surface area (Å²) in [5, 5.41) is 13.2. The van der Waals surface area contributed by atoms with Crippen LogP contribution in [0.5, 0.6) is 0 Å². The standard InChI is InChI=1S/C14H14N4O3/c19-13(5-6-17-9-15-8-16-17)18-7-11(14(20)21)10-3-1-2-4-12(10)18/h1-4,8-9,11H,5-7H2,(H,20,21)/t11-/m0/s1. The van der Waals surface area contributed by atoms with E-state index in [9.17, 15) is 14.7 Å². The molecule has 0 unspecified atom stereocenters. The maximum Gasteiger partial charge on any atom is 0.312 e. The number of fused-ring (bicyclic) bond motifs is 1. The number of carboxylic acids is 1. The molecular weight excluding hydrogens is 272 g/mol. The third kappa shape index (κ3) is 2.49. The van der Waals surface area contributed by atoms with Crippen LogP contribution in [0.2, 0.25) is 0 Å². The van der Waals surface area contributed by atoms with Gasteiger partial charge in [0.15, 0.2) is 0 Å². The van der Waals surface area contributed by atoms with Gasteiger partial charge in [0.25, 0.3) is 0 Å². The highest BCUT2D eigenvalue weighted by molar-refractivity contribution is 5.98. The first-order valence-electron chi connectivity index (χ1n) is 6.61. The van der Waals surface area contributed by atoms with Crippen LogP contribution in [0.25, 0.3) is 0 Å². The van der Waals surface area contributed by atoms with Crippen molar-refractivity contribution in [3.05, 3.63) is 42.5 Å². The van der Waals surface area contributed by atoms with Crippen LogP contribution in [0.15, 0.2) is 36.9 Å². The molecule has 0 bridgehead atoms. The number of carboxylic acid groups (broad SMARTS) is 1. The van der Waals surface area contributed by atoms with E-state index in [0.29, 0.717) is 17.8 Å². The Kier molecular flexibility index (Phi) is 3.39. The van der Waals surface area contributed by atoms with E-state index in [2.05, 4.69) is 10.1 Å². The Morgan fingerprint density at radius 3 is 2.86 bits per heavy atom. The van der Waals surface area contributed by atoms with Gasteiger partial charge in [-0.3, -0.25) is 14.3 Å². The second-order valence-electron chi connectivity index (χ2n) is 4.86. The predicted octanol–water partition coefficient (Wildman–Crippen LogP) is 0.883. The number of carbonyl (C=O) groups is 2. The fraction of sp³-hybridized carbons (Fsp3) is 0.286. The molecule has 1 aliphatic rings. The number of hydrogen-bond donors (Lipinski definition) is 1. The van der Waals surface area contributed by atoms with Crippen molar-refractivity contribution >= 4 is 17.6 Å². The lowest BCUT2D eigenvalue weighted by Crippen LogP contribution is -2.31. The normalized spacial score (nSPS) is 16.8. The highest BCUT2D eigenvalue weighted by Crippen LogP contribution is 2.36. The molecule has 2 aromatic rings. The molecule has 3 rings (SSSR count). The predicted molar refractivity (Wildman–Crippen MR) is 73.8 cm³/mol. The van der Waals surface area contributed by atoms with Crippen LogP contribution >= 0.6 is 0 Å². The van der Waals surface area contributed by atoms with Crippen LogP contribution in [-0.4, -0.2) is 38.3 Å². The van der Waals surface area contributed by atoms with Crippen molar-refractivity contribution in [1.29, 1.82) is 0 Å². The summed E-state index contributed by atoms with van der Waals surface area (Å²) in [4.78, 5) is 29.0. The van der Waals surface area contributed by atoms with Gasteiger partial charge in [0.2, 0.25) is 5.91 Å². The minimum atomic E-state index is -0.908. The molecule has 0 saturated carbocycles. The van der Waals surface area contributed by atoms with Crippen molar-refractivity contribution in [2.75, 3.05) is 11.4 Å². The summed E-state index contributed by atoms with van der Waals surface area (Å²) in [5.74, 6) is -1.67. The van der Waals surface area contributed by atoms with E-state index in [1.54, 1.807) is 40.2 Å². The zero-order chi connectivity index (χ0) is 14.8. The van der Waals surface area contributed by atoms with Crippen LogP contribution in [0.1, 0.15) is 17.9 Å². The van der Waals surface area contributed by atoms with Crippen LogP contribution in [-0.2, 0) is 16.1 Å². The van der Waals surface area contributed by atoms with Gasteiger partial charge in [0, 0.05) is 18.7 Å². The van der Waals surface area contributed by atoms with Crippen molar-refractivity contribution in [3.8, 4) is 0 Å². The average Bonchev–Trinajstić information content (AvgIpc) is 3.12. The number of rotatable bonds is 4. The van der Waals surface area contributed by atoms with E-state index in [1.165, 1.54) is 6.33 Å². The number of carbonyl (C=O) groups excluding carboxylic acids is 1. The van der Waals surface area contributed by atoms with Crippen LogP contribution in [0.3, 0.4) is 0 Å². The van der Waals surface area contributed by atoms with E-state index in [0.717, 1.165) is 0 Å². The summed E-state index contributed by atoms with van der Waals surface area (Å²) < 4.78 is 1.58. The lowest BCUT2D eigenvalue weighted by molar-refractivity contribution is -0.138. The number of aliphatic carboxylic acids is 1. The van der Waals surface area contributed by atoms with Crippen molar-refractivity contribution in [2.45, 2.75) is 18.9 Å². The first kappa shape index (κ1) is 13.3. The molecule has 1 atom stereocenters. The smallest absolute Gasteiger partial charge is 0.312 e. The second kappa shape index (κ2) is 5.35. The van der Waals surface area contributed by atoms with Gasteiger partial charge in [0.1, 0.15) is 18.6 Å². The molecule has 108 valence electrons. The summed E-state index contributed by atoms with van der Waals surface area (Å²) in [5.41, 5.74) is 1.38. The third-order valence-electron chi connectivity index (χ3n) is 3.59. The molecule has 0 radical (unpaired) electrons. The Morgan fingerprint density at radius 2 is 2.14 bits per heavy atom. The lowest BCUT2D eigenvalue weighted by atomic mass is 10.0. The van der Waals surface area contributed by atoms with E-state index >= 15 is 0 Å². The molecule has 1 aromatic carbocycles. The summed E-state index contributed by atoms with van der Waals surface area (Å²) in [6, 6.07) is 7.14. The molecule has 0 aliphatic carbocycles. The maximum absolute atomic E-state index is 12.3. The molecule has 1 N–H and O–H groups in total. The van der Waals surface area contributed by atoms with E-state index in [4.69, 9.17) is 0 Å². The summed E-state index contributed by atoms with van der Waals surface area (Å²) in [6.45, 7) is 0.611. The number of para-hydroxylation sites is 1. The first-order valence-corrected chi connectivity index (χ1v) is 6.61. The highest BCUT2D eigenvalue weighted by Gasteiger charge is 2.35. The molecule has 0 saturated heterocycles. The summed E-state index contributed by atoms with van der Waals surface area (Å²) in [6.07, 6.45) is 3.21.